The molecule has 2 amide bonds. The van der Waals surface area contributed by atoms with Crippen LogP contribution in [0.4, 0.5) is 15.8 Å². The molecular weight excluding hydrogens is 401 g/mol. The first kappa shape index (κ1) is 20.0. The zero-order chi connectivity index (χ0) is 20.3. The van der Waals surface area contributed by atoms with Gasteiger partial charge in [0.05, 0.1) is 12.1 Å². The summed E-state index contributed by atoms with van der Waals surface area (Å²) in [7, 11) is 0. The van der Waals surface area contributed by atoms with Crippen LogP contribution in [0.2, 0.25) is 5.02 Å². The van der Waals surface area contributed by atoms with Crippen LogP contribution in [0.3, 0.4) is 0 Å². The van der Waals surface area contributed by atoms with Gasteiger partial charge in [-0.2, -0.15) is 0 Å². The van der Waals surface area contributed by atoms with Gasteiger partial charge in [0.15, 0.2) is 5.11 Å². The van der Waals surface area contributed by atoms with E-state index in [1.165, 1.54) is 29.2 Å². The Balaban J connectivity index is 1.79. The SMILES string of the molecule is C=CCN1C(=S)N(c2ccc(F)cc2)C(=O)C1CC(=O)Nc1ccc(Cl)cc1. The number of nitrogens with one attached hydrogen (secondary N) is 1. The number of halogens is 2. The first-order valence-electron chi connectivity index (χ1n) is 8.47. The van der Waals surface area contributed by atoms with Crippen LogP contribution in [0.1, 0.15) is 6.42 Å². The van der Waals surface area contributed by atoms with Crippen LogP contribution in [0.25, 0.3) is 0 Å². The second-order valence-electron chi connectivity index (χ2n) is 6.15. The molecule has 2 aromatic rings. The highest BCUT2D eigenvalue weighted by Gasteiger charge is 2.43. The quantitative estimate of drug-likeness (QED) is 0.570. The zero-order valence-electron chi connectivity index (χ0n) is 14.8. The molecule has 144 valence electrons. The lowest BCUT2D eigenvalue weighted by Crippen LogP contribution is -2.37. The fraction of sp³-hybridized carbons (Fsp3) is 0.150. The molecule has 1 fully saturated rings. The van der Waals surface area contributed by atoms with Crippen molar-refractivity contribution in [2.75, 3.05) is 16.8 Å². The van der Waals surface area contributed by atoms with Gasteiger partial charge in [-0.1, -0.05) is 17.7 Å². The van der Waals surface area contributed by atoms with Crippen molar-refractivity contribution in [3.8, 4) is 0 Å². The molecule has 0 radical (unpaired) electrons. The molecular formula is C20H17ClFN3O2S. The fourth-order valence-corrected chi connectivity index (χ4v) is 3.45. The number of rotatable bonds is 6. The number of amides is 2. The van der Waals surface area contributed by atoms with Gasteiger partial charge in [-0.15, -0.1) is 6.58 Å². The van der Waals surface area contributed by atoms with E-state index in [0.29, 0.717) is 22.9 Å². The van der Waals surface area contributed by atoms with Crippen LogP contribution in [0.15, 0.2) is 61.2 Å². The number of nitrogens with zero attached hydrogens (tertiary/aromatic N) is 2. The summed E-state index contributed by atoms with van der Waals surface area (Å²) < 4.78 is 13.2. The number of thiocarbonyl (C=S) groups is 1. The van der Waals surface area contributed by atoms with Gasteiger partial charge in [0, 0.05) is 17.3 Å². The van der Waals surface area contributed by atoms with Crippen LogP contribution >= 0.6 is 23.8 Å². The Bertz CT molecular complexity index is 918. The first-order valence-corrected chi connectivity index (χ1v) is 9.26. The molecule has 1 unspecified atom stereocenters. The third-order valence-electron chi connectivity index (χ3n) is 4.24. The van der Waals surface area contributed by atoms with E-state index in [1.54, 1.807) is 35.2 Å². The molecule has 28 heavy (non-hydrogen) atoms. The van der Waals surface area contributed by atoms with Crippen molar-refractivity contribution in [3.05, 3.63) is 72.0 Å². The molecule has 0 aromatic heterocycles. The van der Waals surface area contributed by atoms with Crippen molar-refractivity contribution in [2.24, 2.45) is 0 Å². The molecule has 5 nitrogen and oxygen atoms in total. The number of carbonyl (C=O) groups is 2. The van der Waals surface area contributed by atoms with Gasteiger partial charge >= 0.3 is 0 Å². The smallest absolute Gasteiger partial charge is 0.256 e. The van der Waals surface area contributed by atoms with Crippen molar-refractivity contribution in [1.29, 1.82) is 0 Å². The van der Waals surface area contributed by atoms with Crippen molar-refractivity contribution in [2.45, 2.75) is 12.5 Å². The molecule has 0 aliphatic carbocycles. The molecule has 3 rings (SSSR count). The second-order valence-corrected chi connectivity index (χ2v) is 6.95. The number of carbonyl (C=O) groups excluding carboxylic acids is 2. The predicted octanol–water partition coefficient (Wildman–Crippen LogP) is 4.00. The summed E-state index contributed by atoms with van der Waals surface area (Å²) in [5.41, 5.74) is 1.03. The Morgan fingerprint density at radius 1 is 1.21 bits per heavy atom. The standard InChI is InChI=1S/C20H17ClFN3O2S/c1-2-11-24-17(12-18(26)23-15-7-3-13(21)4-8-15)19(27)25(20(24)28)16-9-5-14(22)6-10-16/h2-10,17H,1,11-12H2,(H,23,26). The Kier molecular flexibility index (Phi) is 6.06. The third kappa shape index (κ3) is 4.21. The molecule has 1 saturated heterocycles. The van der Waals surface area contributed by atoms with Crippen LogP contribution in [-0.2, 0) is 9.59 Å². The van der Waals surface area contributed by atoms with Gasteiger partial charge < -0.3 is 10.2 Å². The summed E-state index contributed by atoms with van der Waals surface area (Å²) >= 11 is 11.3. The minimum atomic E-state index is -0.775. The maximum Gasteiger partial charge on any atom is 0.256 e. The molecule has 0 bridgehead atoms. The van der Waals surface area contributed by atoms with Gasteiger partial charge in [-0.05, 0) is 60.7 Å². The Hall–Kier alpha value is -2.77. The van der Waals surface area contributed by atoms with E-state index < -0.39 is 11.9 Å². The normalized spacial score (nSPS) is 16.4. The van der Waals surface area contributed by atoms with E-state index in [0.717, 1.165) is 0 Å². The summed E-state index contributed by atoms with van der Waals surface area (Å²) in [4.78, 5) is 28.4. The first-order chi connectivity index (χ1) is 13.4. The summed E-state index contributed by atoms with van der Waals surface area (Å²) in [6, 6.07) is 11.3. The maximum absolute atomic E-state index is 13.2. The lowest BCUT2D eigenvalue weighted by Gasteiger charge is -2.22. The molecule has 1 heterocycles. The minimum Gasteiger partial charge on any atom is -0.332 e. The van der Waals surface area contributed by atoms with Crippen LogP contribution in [-0.4, -0.2) is 34.4 Å². The Morgan fingerprint density at radius 3 is 2.46 bits per heavy atom. The van der Waals surface area contributed by atoms with E-state index in [2.05, 4.69) is 11.9 Å². The average molecular weight is 418 g/mol. The molecule has 1 aliphatic heterocycles. The Labute approximate surface area is 172 Å². The predicted molar refractivity (Wildman–Crippen MR) is 112 cm³/mol. The average Bonchev–Trinajstić information content (AvgIpc) is 2.89. The molecule has 1 N–H and O–H groups in total. The second kappa shape index (κ2) is 8.50. The molecule has 2 aromatic carbocycles. The topological polar surface area (TPSA) is 52.7 Å². The molecule has 0 saturated carbocycles. The van der Waals surface area contributed by atoms with E-state index >= 15 is 0 Å². The minimum absolute atomic E-state index is 0.0901. The highest BCUT2D eigenvalue weighted by molar-refractivity contribution is 7.80. The van der Waals surface area contributed by atoms with Crippen LogP contribution in [0, 0.1) is 5.82 Å². The van der Waals surface area contributed by atoms with Gasteiger partial charge in [0.25, 0.3) is 5.91 Å². The largest absolute Gasteiger partial charge is 0.332 e. The van der Waals surface area contributed by atoms with Crippen LogP contribution in [0.5, 0.6) is 0 Å². The van der Waals surface area contributed by atoms with E-state index in [-0.39, 0.29) is 23.3 Å². The molecule has 1 atom stereocenters. The van der Waals surface area contributed by atoms with Crippen molar-refractivity contribution in [3.63, 3.8) is 0 Å². The Morgan fingerprint density at radius 2 is 1.86 bits per heavy atom. The van der Waals surface area contributed by atoms with Crippen molar-refractivity contribution in [1.82, 2.24) is 4.90 Å². The summed E-state index contributed by atoms with van der Waals surface area (Å²) in [6.07, 6.45) is 1.52. The van der Waals surface area contributed by atoms with E-state index in [9.17, 15) is 14.0 Å². The monoisotopic (exact) mass is 417 g/mol. The van der Waals surface area contributed by atoms with Gasteiger partial charge in [-0.25, -0.2) is 4.39 Å². The molecule has 1 aliphatic rings. The van der Waals surface area contributed by atoms with Gasteiger partial charge in [0.2, 0.25) is 5.91 Å². The third-order valence-corrected chi connectivity index (χ3v) is 4.91. The molecule has 0 spiro atoms. The lowest BCUT2D eigenvalue weighted by molar-refractivity contribution is -0.124. The summed E-state index contributed by atoms with van der Waals surface area (Å²) in [6.45, 7) is 4.00. The lowest BCUT2D eigenvalue weighted by atomic mass is 10.1. The fourth-order valence-electron chi connectivity index (χ4n) is 2.93. The van der Waals surface area contributed by atoms with E-state index in [4.69, 9.17) is 23.8 Å². The highest BCUT2D eigenvalue weighted by atomic mass is 35.5. The number of benzene rings is 2. The zero-order valence-corrected chi connectivity index (χ0v) is 16.3. The van der Waals surface area contributed by atoms with Crippen LogP contribution < -0.4 is 10.2 Å². The van der Waals surface area contributed by atoms with Crippen molar-refractivity contribution >= 4 is 52.1 Å². The summed E-state index contributed by atoms with van der Waals surface area (Å²) in [5.74, 6) is -1.09. The van der Waals surface area contributed by atoms with Crippen molar-refractivity contribution < 1.29 is 14.0 Å². The highest BCUT2D eigenvalue weighted by Crippen LogP contribution is 2.27. The number of hydrogen-bond acceptors (Lipinski definition) is 3. The number of anilines is 2. The molecule has 8 heteroatoms. The number of hydrogen-bond donors (Lipinski definition) is 1. The van der Waals surface area contributed by atoms with Gasteiger partial charge in [-0.3, -0.25) is 14.5 Å². The summed E-state index contributed by atoms with van der Waals surface area (Å²) in [5, 5.41) is 3.55. The van der Waals surface area contributed by atoms with E-state index in [1.807, 2.05) is 0 Å². The maximum atomic E-state index is 13.2. The van der Waals surface area contributed by atoms with Gasteiger partial charge in [0.1, 0.15) is 11.9 Å².